The second-order valence-electron chi connectivity index (χ2n) is 3.44. The molecule has 15 heavy (non-hydrogen) atoms. The van der Waals surface area contributed by atoms with E-state index in [2.05, 4.69) is 57.0 Å². The first kappa shape index (κ1) is 12.9. The monoisotopic (exact) mass is 332 g/mol. The zero-order valence-electron chi connectivity index (χ0n) is 8.72. The normalized spacial score (nSPS) is 10.3. The van der Waals surface area contributed by atoms with E-state index in [0.717, 1.165) is 17.3 Å². The molecule has 0 radical (unpaired) electrons. The molecular formula is C12H14Br2O. The largest absolute Gasteiger partial charge is 0.298 e. The highest BCUT2D eigenvalue weighted by atomic mass is 79.9. The molecule has 0 saturated carbocycles. The van der Waals surface area contributed by atoms with Crippen molar-refractivity contribution < 1.29 is 4.79 Å². The number of hydrogen-bond donors (Lipinski definition) is 0. The standard InChI is InChI=1S/C12H14Br2O/c1-2-9-3-4-10(7-13)11(5-9)6-12(15)8-14/h3-5H,2,6-8H2,1H3. The van der Waals surface area contributed by atoms with Gasteiger partial charge >= 0.3 is 0 Å². The first-order valence-electron chi connectivity index (χ1n) is 4.95. The third kappa shape index (κ3) is 3.72. The third-order valence-corrected chi connectivity index (χ3v) is 3.59. The molecule has 0 unspecified atom stereocenters. The fourth-order valence-corrected chi connectivity index (χ4v) is 2.20. The molecule has 82 valence electrons. The smallest absolute Gasteiger partial charge is 0.147 e. The summed E-state index contributed by atoms with van der Waals surface area (Å²) in [6, 6.07) is 6.36. The molecule has 0 atom stereocenters. The van der Waals surface area contributed by atoms with E-state index < -0.39 is 0 Å². The Hall–Kier alpha value is -0.150. The molecule has 0 bridgehead atoms. The number of Topliss-reactive ketones (excluding diaryl/α,β-unsaturated/α-hetero) is 1. The first-order valence-corrected chi connectivity index (χ1v) is 7.19. The molecule has 1 aromatic rings. The van der Waals surface area contributed by atoms with Gasteiger partial charge in [0.2, 0.25) is 0 Å². The highest BCUT2D eigenvalue weighted by Crippen LogP contribution is 2.17. The summed E-state index contributed by atoms with van der Waals surface area (Å²) in [7, 11) is 0. The van der Waals surface area contributed by atoms with Gasteiger partial charge in [-0.1, -0.05) is 57.0 Å². The van der Waals surface area contributed by atoms with Crippen LogP contribution in [0.15, 0.2) is 18.2 Å². The maximum Gasteiger partial charge on any atom is 0.147 e. The van der Waals surface area contributed by atoms with E-state index in [1.807, 2.05) is 0 Å². The molecule has 0 saturated heterocycles. The number of halogens is 2. The summed E-state index contributed by atoms with van der Waals surface area (Å²) in [6.45, 7) is 2.12. The van der Waals surface area contributed by atoms with Gasteiger partial charge in [0.15, 0.2) is 0 Å². The summed E-state index contributed by atoms with van der Waals surface area (Å²) < 4.78 is 0. The SMILES string of the molecule is CCc1ccc(CBr)c(CC(=O)CBr)c1. The number of ketones is 1. The molecular weight excluding hydrogens is 320 g/mol. The number of alkyl halides is 2. The highest BCUT2D eigenvalue weighted by Gasteiger charge is 2.07. The number of hydrogen-bond acceptors (Lipinski definition) is 1. The number of rotatable bonds is 5. The number of aryl methyl sites for hydroxylation is 1. The number of carbonyl (C=O) groups excluding carboxylic acids is 1. The minimum absolute atomic E-state index is 0.227. The minimum Gasteiger partial charge on any atom is -0.298 e. The van der Waals surface area contributed by atoms with Gasteiger partial charge in [-0.3, -0.25) is 4.79 Å². The number of carbonyl (C=O) groups is 1. The summed E-state index contributed by atoms with van der Waals surface area (Å²) in [5.41, 5.74) is 3.65. The van der Waals surface area contributed by atoms with E-state index in [4.69, 9.17) is 0 Å². The molecule has 0 heterocycles. The van der Waals surface area contributed by atoms with Gasteiger partial charge in [0.05, 0.1) is 5.33 Å². The highest BCUT2D eigenvalue weighted by molar-refractivity contribution is 9.09. The van der Waals surface area contributed by atoms with Crippen molar-refractivity contribution in [2.24, 2.45) is 0 Å². The maximum atomic E-state index is 11.4. The molecule has 0 N–H and O–H groups in total. The van der Waals surface area contributed by atoms with E-state index in [1.54, 1.807) is 0 Å². The molecule has 0 spiro atoms. The lowest BCUT2D eigenvalue weighted by Crippen LogP contribution is -2.06. The van der Waals surface area contributed by atoms with Gasteiger partial charge in [0.1, 0.15) is 5.78 Å². The molecule has 0 aliphatic carbocycles. The summed E-state index contributed by atoms with van der Waals surface area (Å²) in [5.74, 6) is 0.227. The van der Waals surface area contributed by atoms with E-state index >= 15 is 0 Å². The zero-order chi connectivity index (χ0) is 11.3. The average Bonchev–Trinajstić information content (AvgIpc) is 2.28. The molecule has 0 aromatic heterocycles. The molecule has 0 aliphatic rings. The van der Waals surface area contributed by atoms with Crippen molar-refractivity contribution in [3.05, 3.63) is 34.9 Å². The average molecular weight is 334 g/mol. The fourth-order valence-electron chi connectivity index (χ4n) is 1.45. The third-order valence-electron chi connectivity index (χ3n) is 2.36. The van der Waals surface area contributed by atoms with E-state index in [-0.39, 0.29) is 5.78 Å². The molecule has 1 nitrogen and oxygen atoms in total. The van der Waals surface area contributed by atoms with E-state index in [9.17, 15) is 4.79 Å². The molecule has 1 aromatic carbocycles. The Morgan fingerprint density at radius 2 is 2.00 bits per heavy atom. The predicted octanol–water partition coefficient (Wildman–Crippen LogP) is 3.65. The Morgan fingerprint density at radius 3 is 2.53 bits per heavy atom. The Balaban J connectivity index is 2.95. The Bertz CT molecular complexity index is 347. The Kier molecular flexibility index (Phi) is 5.54. The van der Waals surface area contributed by atoms with Crippen LogP contribution in [0.4, 0.5) is 0 Å². The lowest BCUT2D eigenvalue weighted by atomic mass is 10.00. The topological polar surface area (TPSA) is 17.1 Å². The minimum atomic E-state index is 0.227. The summed E-state index contributed by atoms with van der Waals surface area (Å²) in [4.78, 5) is 11.4. The van der Waals surface area contributed by atoms with Gasteiger partial charge < -0.3 is 0 Å². The van der Waals surface area contributed by atoms with Gasteiger partial charge in [0.25, 0.3) is 0 Å². The van der Waals surface area contributed by atoms with Crippen LogP contribution in [0.25, 0.3) is 0 Å². The van der Waals surface area contributed by atoms with Crippen LogP contribution in [-0.4, -0.2) is 11.1 Å². The van der Waals surface area contributed by atoms with Crippen LogP contribution in [0.5, 0.6) is 0 Å². The van der Waals surface area contributed by atoms with Crippen LogP contribution in [0.1, 0.15) is 23.6 Å². The zero-order valence-corrected chi connectivity index (χ0v) is 11.9. The fraction of sp³-hybridized carbons (Fsp3) is 0.417. The van der Waals surface area contributed by atoms with E-state index in [0.29, 0.717) is 11.8 Å². The van der Waals surface area contributed by atoms with Crippen molar-refractivity contribution >= 4 is 37.6 Å². The summed E-state index contributed by atoms with van der Waals surface area (Å²) in [5, 5.41) is 1.24. The van der Waals surface area contributed by atoms with Crippen LogP contribution in [0, 0.1) is 0 Å². The van der Waals surface area contributed by atoms with Crippen molar-refractivity contribution in [3.8, 4) is 0 Å². The number of benzene rings is 1. The van der Waals surface area contributed by atoms with Gasteiger partial charge in [-0.05, 0) is 23.1 Å². The lowest BCUT2D eigenvalue weighted by molar-refractivity contribution is -0.115. The van der Waals surface area contributed by atoms with Crippen molar-refractivity contribution in [1.29, 1.82) is 0 Å². The van der Waals surface area contributed by atoms with Crippen LogP contribution >= 0.6 is 31.9 Å². The van der Waals surface area contributed by atoms with Crippen molar-refractivity contribution in [2.45, 2.75) is 25.1 Å². The first-order chi connectivity index (χ1) is 7.21. The van der Waals surface area contributed by atoms with Crippen LogP contribution < -0.4 is 0 Å². The van der Waals surface area contributed by atoms with Gasteiger partial charge in [-0.2, -0.15) is 0 Å². The molecule has 3 heteroatoms. The second kappa shape index (κ2) is 6.44. The van der Waals surface area contributed by atoms with Crippen LogP contribution in [0.2, 0.25) is 0 Å². The van der Waals surface area contributed by atoms with E-state index in [1.165, 1.54) is 11.1 Å². The van der Waals surface area contributed by atoms with Crippen LogP contribution in [0.3, 0.4) is 0 Å². The second-order valence-corrected chi connectivity index (χ2v) is 4.56. The lowest BCUT2D eigenvalue weighted by Gasteiger charge is -2.08. The molecule has 0 amide bonds. The molecule has 1 rings (SSSR count). The van der Waals surface area contributed by atoms with Crippen LogP contribution in [-0.2, 0) is 23.0 Å². The Morgan fingerprint density at radius 1 is 1.27 bits per heavy atom. The summed E-state index contributed by atoms with van der Waals surface area (Å²) in [6.07, 6.45) is 1.54. The molecule has 0 aliphatic heterocycles. The quantitative estimate of drug-likeness (QED) is 0.752. The van der Waals surface area contributed by atoms with Gasteiger partial charge in [-0.25, -0.2) is 0 Å². The van der Waals surface area contributed by atoms with Gasteiger partial charge in [0, 0.05) is 11.8 Å². The van der Waals surface area contributed by atoms with Crippen molar-refractivity contribution in [2.75, 3.05) is 5.33 Å². The predicted molar refractivity (Wildman–Crippen MR) is 71.0 cm³/mol. The van der Waals surface area contributed by atoms with Gasteiger partial charge in [-0.15, -0.1) is 0 Å². The summed E-state index contributed by atoms with van der Waals surface area (Å²) >= 11 is 6.64. The van der Waals surface area contributed by atoms with Crippen molar-refractivity contribution in [3.63, 3.8) is 0 Å². The maximum absolute atomic E-state index is 11.4. The van der Waals surface area contributed by atoms with Crippen molar-refractivity contribution in [1.82, 2.24) is 0 Å². The molecule has 0 fully saturated rings. The Labute approximate surface area is 108 Å².